The first-order chi connectivity index (χ1) is 13.0. The van der Waals surface area contributed by atoms with Crippen molar-refractivity contribution in [3.05, 3.63) is 42.2 Å². The number of carbonyl (C=O) groups is 1. The van der Waals surface area contributed by atoms with Crippen LogP contribution in [-0.4, -0.2) is 35.9 Å². The number of tetrazole rings is 1. The Bertz CT molecular complexity index is 898. The second-order valence-electron chi connectivity index (χ2n) is 6.90. The van der Waals surface area contributed by atoms with E-state index >= 15 is 0 Å². The molecule has 1 atom stereocenters. The third-order valence-electron chi connectivity index (χ3n) is 4.27. The summed E-state index contributed by atoms with van der Waals surface area (Å²) in [5, 5.41) is 19.8. The molecule has 8 nitrogen and oxygen atoms in total. The average molecular weight is 367 g/mol. The maximum atomic E-state index is 12.7. The van der Waals surface area contributed by atoms with E-state index in [1.807, 2.05) is 35.0 Å². The van der Waals surface area contributed by atoms with Crippen LogP contribution in [0.2, 0.25) is 0 Å². The Hall–Kier alpha value is -3.03. The standard InChI is InChI=1S/C19H25N7O/c1-5-17-16(11-20-25(17)12-13(2)3)21-19(27)14(4)26-23-18(22-24-26)15-9-7-6-8-10-15/h6-11,13-14H,5,12H2,1-4H3,(H,21,27)/t14-/m1/s1. The van der Waals surface area contributed by atoms with E-state index in [-0.39, 0.29) is 5.91 Å². The van der Waals surface area contributed by atoms with Gasteiger partial charge in [-0.3, -0.25) is 9.48 Å². The van der Waals surface area contributed by atoms with Gasteiger partial charge in [-0.1, -0.05) is 51.1 Å². The van der Waals surface area contributed by atoms with E-state index in [2.05, 4.69) is 46.6 Å². The zero-order valence-corrected chi connectivity index (χ0v) is 16.1. The maximum absolute atomic E-state index is 12.7. The number of benzene rings is 1. The summed E-state index contributed by atoms with van der Waals surface area (Å²) < 4.78 is 1.95. The van der Waals surface area contributed by atoms with Crippen molar-refractivity contribution in [1.82, 2.24) is 30.0 Å². The van der Waals surface area contributed by atoms with Crippen LogP contribution in [-0.2, 0) is 17.8 Å². The molecule has 0 bridgehead atoms. The lowest BCUT2D eigenvalue weighted by atomic mass is 10.2. The number of anilines is 1. The highest BCUT2D eigenvalue weighted by Crippen LogP contribution is 2.19. The van der Waals surface area contributed by atoms with Crippen LogP contribution in [0.3, 0.4) is 0 Å². The summed E-state index contributed by atoms with van der Waals surface area (Å²) in [6, 6.07) is 8.97. The van der Waals surface area contributed by atoms with Gasteiger partial charge < -0.3 is 5.32 Å². The van der Waals surface area contributed by atoms with Crippen LogP contribution in [0.25, 0.3) is 11.4 Å². The third kappa shape index (κ3) is 4.21. The van der Waals surface area contributed by atoms with Crippen LogP contribution in [0.4, 0.5) is 5.69 Å². The molecular formula is C19H25N7O. The molecule has 27 heavy (non-hydrogen) atoms. The van der Waals surface area contributed by atoms with Crippen molar-refractivity contribution in [3.63, 3.8) is 0 Å². The monoisotopic (exact) mass is 367 g/mol. The molecule has 2 heterocycles. The van der Waals surface area contributed by atoms with Crippen molar-refractivity contribution in [2.45, 2.75) is 46.7 Å². The van der Waals surface area contributed by atoms with Gasteiger partial charge in [0.1, 0.15) is 6.04 Å². The molecule has 8 heteroatoms. The van der Waals surface area contributed by atoms with Crippen molar-refractivity contribution in [2.24, 2.45) is 5.92 Å². The molecular weight excluding hydrogens is 342 g/mol. The molecule has 2 aromatic heterocycles. The first-order valence-corrected chi connectivity index (χ1v) is 9.20. The highest BCUT2D eigenvalue weighted by Gasteiger charge is 2.21. The van der Waals surface area contributed by atoms with E-state index in [0.717, 1.165) is 29.9 Å². The molecule has 0 saturated carbocycles. The Balaban J connectivity index is 1.73. The minimum atomic E-state index is -0.590. The summed E-state index contributed by atoms with van der Waals surface area (Å²) in [6.07, 6.45) is 2.49. The van der Waals surface area contributed by atoms with E-state index < -0.39 is 6.04 Å². The van der Waals surface area contributed by atoms with Gasteiger partial charge in [0.25, 0.3) is 5.91 Å². The van der Waals surface area contributed by atoms with Crippen LogP contribution >= 0.6 is 0 Å². The Kier molecular flexibility index (Phi) is 5.63. The number of nitrogens with one attached hydrogen (secondary N) is 1. The lowest BCUT2D eigenvalue weighted by Crippen LogP contribution is -2.26. The van der Waals surface area contributed by atoms with E-state index in [9.17, 15) is 4.79 Å². The zero-order valence-electron chi connectivity index (χ0n) is 16.1. The summed E-state index contributed by atoms with van der Waals surface area (Å²) in [5.74, 6) is 0.772. The van der Waals surface area contributed by atoms with Crippen molar-refractivity contribution >= 4 is 11.6 Å². The minimum absolute atomic E-state index is 0.203. The minimum Gasteiger partial charge on any atom is -0.321 e. The fourth-order valence-electron chi connectivity index (χ4n) is 2.83. The highest BCUT2D eigenvalue weighted by molar-refractivity contribution is 5.93. The second kappa shape index (κ2) is 8.11. The van der Waals surface area contributed by atoms with Crippen LogP contribution in [0.15, 0.2) is 36.5 Å². The van der Waals surface area contributed by atoms with Crippen LogP contribution < -0.4 is 5.32 Å². The molecule has 1 N–H and O–H groups in total. The quantitative estimate of drug-likeness (QED) is 0.693. The largest absolute Gasteiger partial charge is 0.321 e. The average Bonchev–Trinajstić information content (AvgIpc) is 3.29. The van der Waals surface area contributed by atoms with E-state index in [0.29, 0.717) is 11.7 Å². The van der Waals surface area contributed by atoms with E-state index in [1.54, 1.807) is 13.1 Å². The summed E-state index contributed by atoms with van der Waals surface area (Å²) in [5.41, 5.74) is 2.61. The molecule has 0 aliphatic rings. The molecule has 142 valence electrons. The first-order valence-electron chi connectivity index (χ1n) is 9.20. The molecule has 0 radical (unpaired) electrons. The second-order valence-corrected chi connectivity index (χ2v) is 6.90. The number of hydrogen-bond donors (Lipinski definition) is 1. The van der Waals surface area contributed by atoms with Crippen molar-refractivity contribution in [2.75, 3.05) is 5.32 Å². The number of rotatable bonds is 7. The number of aromatic nitrogens is 6. The molecule has 0 saturated heterocycles. The van der Waals surface area contributed by atoms with Gasteiger partial charge in [0, 0.05) is 12.1 Å². The summed E-state index contributed by atoms with van der Waals surface area (Å²) in [4.78, 5) is 14.0. The number of carbonyl (C=O) groups excluding carboxylic acids is 1. The van der Waals surface area contributed by atoms with Crippen molar-refractivity contribution in [3.8, 4) is 11.4 Å². The topological polar surface area (TPSA) is 90.5 Å². The number of amides is 1. The molecule has 0 fully saturated rings. The smallest absolute Gasteiger partial charge is 0.250 e. The van der Waals surface area contributed by atoms with Gasteiger partial charge in [0.15, 0.2) is 0 Å². The Labute approximate surface area is 158 Å². The molecule has 0 unspecified atom stereocenters. The van der Waals surface area contributed by atoms with Gasteiger partial charge in [-0.2, -0.15) is 9.90 Å². The summed E-state index contributed by atoms with van der Waals surface area (Å²) >= 11 is 0. The lowest BCUT2D eigenvalue weighted by molar-refractivity contribution is -0.119. The van der Waals surface area contributed by atoms with Gasteiger partial charge in [-0.15, -0.1) is 10.2 Å². The molecule has 0 aliphatic carbocycles. The predicted octanol–water partition coefficient (Wildman–Crippen LogP) is 2.95. The van der Waals surface area contributed by atoms with E-state index in [1.165, 1.54) is 4.80 Å². The van der Waals surface area contributed by atoms with Crippen LogP contribution in [0.1, 0.15) is 39.4 Å². The molecule has 1 aromatic carbocycles. The van der Waals surface area contributed by atoms with Gasteiger partial charge in [0.2, 0.25) is 5.82 Å². The van der Waals surface area contributed by atoms with Crippen LogP contribution in [0.5, 0.6) is 0 Å². The molecule has 1 amide bonds. The van der Waals surface area contributed by atoms with Gasteiger partial charge in [-0.25, -0.2) is 0 Å². The molecule has 3 rings (SSSR count). The Morgan fingerprint density at radius 3 is 2.59 bits per heavy atom. The fourth-order valence-corrected chi connectivity index (χ4v) is 2.83. The third-order valence-corrected chi connectivity index (χ3v) is 4.27. The summed E-state index contributed by atoms with van der Waals surface area (Å²) in [7, 11) is 0. The van der Waals surface area contributed by atoms with Gasteiger partial charge >= 0.3 is 0 Å². The van der Waals surface area contributed by atoms with E-state index in [4.69, 9.17) is 0 Å². The zero-order chi connectivity index (χ0) is 19.4. The molecule has 0 spiro atoms. The lowest BCUT2D eigenvalue weighted by Gasteiger charge is -2.12. The molecule has 3 aromatic rings. The summed E-state index contributed by atoms with van der Waals surface area (Å²) in [6.45, 7) is 8.90. The van der Waals surface area contributed by atoms with Crippen molar-refractivity contribution < 1.29 is 4.79 Å². The highest BCUT2D eigenvalue weighted by atomic mass is 16.2. The van der Waals surface area contributed by atoms with Crippen molar-refractivity contribution in [1.29, 1.82) is 0 Å². The number of hydrogen-bond acceptors (Lipinski definition) is 5. The molecule has 0 aliphatic heterocycles. The Morgan fingerprint density at radius 2 is 1.93 bits per heavy atom. The fraction of sp³-hybridized carbons (Fsp3) is 0.421. The number of nitrogens with zero attached hydrogens (tertiary/aromatic N) is 6. The first kappa shape index (κ1) is 18.8. The maximum Gasteiger partial charge on any atom is 0.250 e. The van der Waals surface area contributed by atoms with Gasteiger partial charge in [-0.05, 0) is 24.5 Å². The van der Waals surface area contributed by atoms with Crippen LogP contribution in [0, 0.1) is 5.92 Å². The Morgan fingerprint density at radius 1 is 1.19 bits per heavy atom. The van der Waals surface area contributed by atoms with Gasteiger partial charge in [0.05, 0.1) is 17.6 Å². The predicted molar refractivity (Wildman–Crippen MR) is 103 cm³/mol. The SMILES string of the molecule is CCc1c(NC(=O)[C@@H](C)n2nnc(-c3ccccc3)n2)cnn1CC(C)C. The normalized spacial score (nSPS) is 12.3.